The largest absolute Gasteiger partial charge is 0.310 e. The first-order valence-corrected chi connectivity index (χ1v) is 6.62. The van der Waals surface area contributed by atoms with Gasteiger partial charge in [-0.15, -0.1) is 0 Å². The van der Waals surface area contributed by atoms with E-state index in [0.29, 0.717) is 12.6 Å². The second kappa shape index (κ2) is 5.96. The maximum Gasteiger partial charge on any atom is 0.273 e. The van der Waals surface area contributed by atoms with Gasteiger partial charge in [0.05, 0.1) is 4.92 Å². The lowest BCUT2D eigenvalue weighted by Crippen LogP contribution is -2.32. The van der Waals surface area contributed by atoms with E-state index in [0.717, 1.165) is 11.5 Å². The summed E-state index contributed by atoms with van der Waals surface area (Å²) in [6.07, 6.45) is 4.88. The molecule has 0 saturated heterocycles. The monoisotopic (exact) mass is 248 g/mol. The third kappa shape index (κ3) is 3.29. The molecule has 1 fully saturated rings. The summed E-state index contributed by atoms with van der Waals surface area (Å²) in [6, 6.07) is 7.48. The van der Waals surface area contributed by atoms with E-state index in [1.54, 1.807) is 12.1 Å². The molecule has 0 heterocycles. The predicted octanol–water partition coefficient (Wildman–Crippen LogP) is 3.26. The van der Waals surface area contributed by atoms with Gasteiger partial charge < -0.3 is 5.32 Å². The van der Waals surface area contributed by atoms with E-state index < -0.39 is 0 Å². The second-order valence-corrected chi connectivity index (χ2v) is 5.22. The van der Waals surface area contributed by atoms with Gasteiger partial charge in [0.15, 0.2) is 0 Å². The van der Waals surface area contributed by atoms with Crippen LogP contribution in [-0.2, 0) is 6.54 Å². The number of hydrogen-bond acceptors (Lipinski definition) is 3. The van der Waals surface area contributed by atoms with Crippen molar-refractivity contribution in [3.8, 4) is 0 Å². The Bertz CT molecular complexity index is 412. The first-order chi connectivity index (χ1) is 8.66. The molecule has 0 aliphatic heterocycles. The molecule has 4 heteroatoms. The predicted molar refractivity (Wildman–Crippen MR) is 71.4 cm³/mol. The van der Waals surface area contributed by atoms with Gasteiger partial charge in [-0.2, -0.15) is 0 Å². The molecule has 0 unspecified atom stereocenters. The molecule has 0 amide bonds. The highest BCUT2D eigenvalue weighted by Crippen LogP contribution is 2.24. The molecule has 0 bridgehead atoms. The first-order valence-electron chi connectivity index (χ1n) is 6.62. The highest BCUT2D eigenvalue weighted by atomic mass is 16.6. The Balaban J connectivity index is 1.92. The first kappa shape index (κ1) is 13.0. The van der Waals surface area contributed by atoms with Crippen molar-refractivity contribution in [3.63, 3.8) is 0 Å². The number of nitrogens with one attached hydrogen (secondary N) is 1. The Labute approximate surface area is 108 Å². The van der Waals surface area contributed by atoms with E-state index in [9.17, 15) is 10.1 Å². The number of rotatable bonds is 4. The maximum absolute atomic E-state index is 10.9. The van der Waals surface area contributed by atoms with Crippen LogP contribution in [0.25, 0.3) is 0 Å². The minimum absolute atomic E-state index is 0.217. The molecule has 0 aromatic heterocycles. The van der Waals surface area contributed by atoms with E-state index in [4.69, 9.17) is 0 Å². The van der Waals surface area contributed by atoms with Gasteiger partial charge >= 0.3 is 0 Å². The van der Waals surface area contributed by atoms with Gasteiger partial charge in [0.2, 0.25) is 0 Å². The summed E-state index contributed by atoms with van der Waals surface area (Å²) in [7, 11) is 0. The van der Waals surface area contributed by atoms with Crippen LogP contribution in [0, 0.1) is 16.0 Å². The Morgan fingerprint density at radius 1 is 1.28 bits per heavy atom. The van der Waals surface area contributed by atoms with E-state index in [2.05, 4.69) is 12.2 Å². The summed E-state index contributed by atoms with van der Waals surface area (Å²) in [4.78, 5) is 10.6. The van der Waals surface area contributed by atoms with Crippen molar-refractivity contribution in [2.75, 3.05) is 0 Å². The summed E-state index contributed by atoms with van der Waals surface area (Å²) in [5, 5.41) is 14.3. The highest BCUT2D eigenvalue weighted by Gasteiger charge is 2.19. The average Bonchev–Trinajstić information content (AvgIpc) is 2.38. The van der Waals surface area contributed by atoms with Gasteiger partial charge in [-0.25, -0.2) is 0 Å². The topological polar surface area (TPSA) is 55.2 Å². The van der Waals surface area contributed by atoms with Crippen molar-refractivity contribution in [3.05, 3.63) is 39.9 Å². The standard InChI is InChI=1S/C14H20N2O2/c1-11-6-8-13(9-7-11)15-10-12-4-2-3-5-14(12)16(17)18/h2-5,11,13,15H,6-10H2,1H3. The van der Waals surface area contributed by atoms with Crippen molar-refractivity contribution in [2.24, 2.45) is 5.92 Å². The lowest BCUT2D eigenvalue weighted by Gasteiger charge is -2.27. The lowest BCUT2D eigenvalue weighted by atomic mass is 9.87. The Morgan fingerprint density at radius 2 is 1.94 bits per heavy atom. The van der Waals surface area contributed by atoms with Crippen LogP contribution in [-0.4, -0.2) is 11.0 Å². The Morgan fingerprint density at radius 3 is 2.61 bits per heavy atom. The number of nitrogens with zero attached hydrogens (tertiary/aromatic N) is 1. The van der Waals surface area contributed by atoms with Crippen LogP contribution in [0.2, 0.25) is 0 Å². The summed E-state index contributed by atoms with van der Waals surface area (Å²) in [6.45, 7) is 2.88. The van der Waals surface area contributed by atoms with E-state index in [-0.39, 0.29) is 10.6 Å². The van der Waals surface area contributed by atoms with E-state index >= 15 is 0 Å². The van der Waals surface area contributed by atoms with Gasteiger partial charge in [-0.05, 0) is 31.6 Å². The van der Waals surface area contributed by atoms with Crippen LogP contribution in [0.3, 0.4) is 0 Å². The number of nitro groups is 1. The Kier molecular flexibility index (Phi) is 4.31. The van der Waals surface area contributed by atoms with Crippen LogP contribution in [0.15, 0.2) is 24.3 Å². The molecule has 1 aromatic rings. The number of para-hydroxylation sites is 1. The molecule has 0 spiro atoms. The minimum atomic E-state index is -0.306. The fourth-order valence-electron chi connectivity index (χ4n) is 2.56. The van der Waals surface area contributed by atoms with Crippen molar-refractivity contribution in [1.82, 2.24) is 5.32 Å². The molecule has 0 atom stereocenters. The molecular weight excluding hydrogens is 228 g/mol. The Hall–Kier alpha value is -1.42. The molecule has 1 aliphatic rings. The van der Waals surface area contributed by atoms with Crippen molar-refractivity contribution in [2.45, 2.75) is 45.2 Å². The molecule has 18 heavy (non-hydrogen) atoms. The maximum atomic E-state index is 10.9. The second-order valence-electron chi connectivity index (χ2n) is 5.22. The number of benzene rings is 1. The third-order valence-corrected chi connectivity index (χ3v) is 3.79. The molecule has 4 nitrogen and oxygen atoms in total. The average molecular weight is 248 g/mol. The molecule has 1 aromatic carbocycles. The van der Waals surface area contributed by atoms with Crippen LogP contribution >= 0.6 is 0 Å². The molecule has 98 valence electrons. The molecular formula is C14H20N2O2. The van der Waals surface area contributed by atoms with Crippen LogP contribution in [0.5, 0.6) is 0 Å². The summed E-state index contributed by atoms with van der Waals surface area (Å²) in [5.74, 6) is 0.828. The fraction of sp³-hybridized carbons (Fsp3) is 0.571. The quantitative estimate of drug-likeness (QED) is 0.657. The molecule has 1 N–H and O–H groups in total. The zero-order chi connectivity index (χ0) is 13.0. The summed E-state index contributed by atoms with van der Waals surface area (Å²) >= 11 is 0. The lowest BCUT2D eigenvalue weighted by molar-refractivity contribution is -0.385. The van der Waals surface area contributed by atoms with Crippen LogP contribution in [0.1, 0.15) is 38.2 Å². The molecule has 0 radical (unpaired) electrons. The highest BCUT2D eigenvalue weighted by molar-refractivity contribution is 5.39. The van der Waals surface area contributed by atoms with Crippen LogP contribution < -0.4 is 5.32 Å². The van der Waals surface area contributed by atoms with Crippen molar-refractivity contribution >= 4 is 5.69 Å². The van der Waals surface area contributed by atoms with Gasteiger partial charge in [0.25, 0.3) is 5.69 Å². The van der Waals surface area contributed by atoms with Gasteiger partial charge in [-0.1, -0.05) is 25.1 Å². The molecule has 2 rings (SSSR count). The number of hydrogen-bond donors (Lipinski definition) is 1. The SMILES string of the molecule is CC1CCC(NCc2ccccc2[N+](=O)[O-])CC1. The normalized spacial score (nSPS) is 23.8. The zero-order valence-electron chi connectivity index (χ0n) is 10.8. The fourth-order valence-corrected chi connectivity index (χ4v) is 2.56. The van der Waals surface area contributed by atoms with Gasteiger partial charge in [0.1, 0.15) is 0 Å². The third-order valence-electron chi connectivity index (χ3n) is 3.79. The smallest absolute Gasteiger partial charge is 0.273 e. The van der Waals surface area contributed by atoms with Crippen molar-refractivity contribution < 1.29 is 4.92 Å². The van der Waals surface area contributed by atoms with E-state index in [1.807, 2.05) is 12.1 Å². The molecule has 1 aliphatic carbocycles. The van der Waals surface area contributed by atoms with Crippen LogP contribution in [0.4, 0.5) is 5.69 Å². The zero-order valence-corrected chi connectivity index (χ0v) is 10.8. The van der Waals surface area contributed by atoms with Gasteiger partial charge in [-0.3, -0.25) is 10.1 Å². The van der Waals surface area contributed by atoms with Crippen molar-refractivity contribution in [1.29, 1.82) is 0 Å². The van der Waals surface area contributed by atoms with E-state index in [1.165, 1.54) is 25.7 Å². The minimum Gasteiger partial charge on any atom is -0.310 e. The van der Waals surface area contributed by atoms with Gasteiger partial charge in [0, 0.05) is 24.2 Å². The summed E-state index contributed by atoms with van der Waals surface area (Å²) in [5.41, 5.74) is 0.996. The number of nitro benzene ring substituents is 1. The summed E-state index contributed by atoms with van der Waals surface area (Å²) < 4.78 is 0. The molecule has 1 saturated carbocycles.